The van der Waals surface area contributed by atoms with Gasteiger partial charge < -0.3 is 9.84 Å². The maximum absolute atomic E-state index is 12.7. The largest absolute Gasteiger partial charge is 0.481 e. The number of carboxylic acid groups (broad SMARTS) is 1. The predicted molar refractivity (Wildman–Crippen MR) is 222 cm³/mol. The molecule has 1 N–H and O–H groups in total. The number of aliphatic carboxylic acids is 1. The van der Waals surface area contributed by atoms with Crippen LogP contribution in [0.5, 0.6) is 0 Å². The van der Waals surface area contributed by atoms with Crippen LogP contribution in [0.15, 0.2) is 72.9 Å². The fourth-order valence-electron chi connectivity index (χ4n) is 6.09. The van der Waals surface area contributed by atoms with Crippen LogP contribution in [-0.4, -0.2) is 23.1 Å². The lowest BCUT2D eigenvalue weighted by molar-refractivity contribution is -0.149. The molecule has 0 aromatic rings. The lowest BCUT2D eigenvalue weighted by Gasteiger charge is -2.18. The Morgan fingerprint density at radius 2 is 0.804 bits per heavy atom. The van der Waals surface area contributed by atoms with Crippen LogP contribution in [-0.2, 0) is 14.3 Å². The van der Waals surface area contributed by atoms with E-state index in [4.69, 9.17) is 9.84 Å². The van der Waals surface area contributed by atoms with Gasteiger partial charge in [-0.3, -0.25) is 9.59 Å². The molecule has 0 saturated heterocycles. The van der Waals surface area contributed by atoms with E-state index in [2.05, 4.69) is 86.8 Å². The van der Waals surface area contributed by atoms with Crippen molar-refractivity contribution in [2.24, 2.45) is 0 Å². The van der Waals surface area contributed by atoms with Gasteiger partial charge in [-0.2, -0.15) is 0 Å². The molecule has 0 amide bonds. The second kappa shape index (κ2) is 41.8. The van der Waals surface area contributed by atoms with E-state index in [1.807, 2.05) is 0 Å². The summed E-state index contributed by atoms with van der Waals surface area (Å²) in [4.78, 5) is 23.4. The fourth-order valence-corrected chi connectivity index (χ4v) is 6.09. The Bertz CT molecular complexity index is 938. The maximum atomic E-state index is 12.7. The third-order valence-corrected chi connectivity index (χ3v) is 9.21. The molecule has 0 aliphatic heterocycles. The summed E-state index contributed by atoms with van der Waals surface area (Å²) in [5.74, 6) is -0.787. The lowest BCUT2D eigenvalue weighted by atomic mass is 10.0. The third kappa shape index (κ3) is 41.7. The van der Waals surface area contributed by atoms with E-state index in [0.29, 0.717) is 6.42 Å². The van der Waals surface area contributed by atoms with Crippen LogP contribution in [0, 0.1) is 0 Å². The van der Waals surface area contributed by atoms with Crippen molar-refractivity contribution in [3.8, 4) is 0 Å². The van der Waals surface area contributed by atoms with Crippen molar-refractivity contribution in [1.29, 1.82) is 0 Å². The van der Waals surface area contributed by atoms with Gasteiger partial charge in [0.1, 0.15) is 6.10 Å². The number of hydrogen-bond acceptors (Lipinski definition) is 3. The Hall–Kier alpha value is -2.62. The average molecular weight is 709 g/mol. The first-order valence-corrected chi connectivity index (χ1v) is 21.4. The summed E-state index contributed by atoms with van der Waals surface area (Å²) < 4.78 is 5.98. The highest BCUT2D eigenvalue weighted by molar-refractivity contribution is 5.69. The Morgan fingerprint density at radius 1 is 0.451 bits per heavy atom. The number of ether oxygens (including phenoxy) is 1. The number of hydrogen-bond donors (Lipinski definition) is 1. The summed E-state index contributed by atoms with van der Waals surface area (Å²) in [7, 11) is 0. The standard InChI is InChI=1S/C47H80O4/c1-3-5-7-9-11-13-15-17-19-20-21-22-23-25-27-29-31-36-40-44-47(50)51-45(42-38-34-32-35-39-43-46(48)49)41-37-33-30-28-26-24-18-16-14-12-10-8-6-4-2/h5,7,11,13,17,19,21-22,25,27,31,36,45H,3-4,6,8-10,12,14-16,18,20,23-24,26,28-30,32-35,37-44H2,1-2H3,(H,48,49)/b7-5-,13-11-,19-17-,22-21-,27-25-,36-31-. The second-order valence-corrected chi connectivity index (χ2v) is 14.2. The molecule has 0 rings (SSSR count). The quantitative estimate of drug-likeness (QED) is 0.0394. The van der Waals surface area contributed by atoms with E-state index in [-0.39, 0.29) is 18.5 Å². The molecule has 1 atom stereocenters. The summed E-state index contributed by atoms with van der Waals surface area (Å²) in [6.45, 7) is 4.44. The summed E-state index contributed by atoms with van der Waals surface area (Å²) in [6, 6.07) is 0. The topological polar surface area (TPSA) is 63.6 Å². The zero-order valence-corrected chi connectivity index (χ0v) is 33.4. The molecule has 0 aliphatic rings. The molecule has 0 aromatic carbocycles. The lowest BCUT2D eigenvalue weighted by Crippen LogP contribution is -2.18. The van der Waals surface area contributed by atoms with Gasteiger partial charge >= 0.3 is 11.9 Å². The molecule has 0 aliphatic carbocycles. The highest BCUT2D eigenvalue weighted by Gasteiger charge is 2.14. The van der Waals surface area contributed by atoms with Gasteiger partial charge in [-0.15, -0.1) is 0 Å². The minimum atomic E-state index is -0.709. The van der Waals surface area contributed by atoms with Gasteiger partial charge in [0.05, 0.1) is 0 Å². The molecule has 0 radical (unpaired) electrons. The third-order valence-electron chi connectivity index (χ3n) is 9.21. The van der Waals surface area contributed by atoms with Crippen molar-refractivity contribution in [1.82, 2.24) is 0 Å². The SMILES string of the molecule is CC/C=C\C/C=C\C/C=C\C/C=C\C/C=C\C/C=C\CCC(=O)OC(CCCCCCCCCCCCCCCC)CCCCCCCC(=O)O. The fraction of sp³-hybridized carbons (Fsp3) is 0.702. The van der Waals surface area contributed by atoms with Crippen LogP contribution >= 0.6 is 0 Å². The Balaban J connectivity index is 4.18. The number of rotatable bonds is 38. The first-order chi connectivity index (χ1) is 25.1. The number of carbonyl (C=O) groups excluding carboxylic acids is 1. The van der Waals surface area contributed by atoms with Gasteiger partial charge in [0.2, 0.25) is 0 Å². The van der Waals surface area contributed by atoms with Crippen molar-refractivity contribution in [2.45, 2.75) is 213 Å². The zero-order chi connectivity index (χ0) is 37.1. The molecule has 51 heavy (non-hydrogen) atoms. The number of esters is 1. The van der Waals surface area contributed by atoms with Gasteiger partial charge in [0, 0.05) is 12.8 Å². The predicted octanol–water partition coefficient (Wildman–Crippen LogP) is 15.1. The first kappa shape index (κ1) is 48.4. The van der Waals surface area contributed by atoms with E-state index in [1.165, 1.54) is 83.5 Å². The average Bonchev–Trinajstić information content (AvgIpc) is 3.12. The number of carboxylic acids is 1. The van der Waals surface area contributed by atoms with E-state index in [0.717, 1.165) is 96.3 Å². The summed E-state index contributed by atoms with van der Waals surface area (Å²) >= 11 is 0. The molecule has 0 saturated carbocycles. The van der Waals surface area contributed by atoms with Crippen LogP contribution in [0.4, 0.5) is 0 Å². The van der Waals surface area contributed by atoms with E-state index >= 15 is 0 Å². The molecule has 4 nitrogen and oxygen atoms in total. The Morgan fingerprint density at radius 3 is 1.20 bits per heavy atom. The van der Waals surface area contributed by atoms with Gasteiger partial charge in [0.25, 0.3) is 0 Å². The zero-order valence-electron chi connectivity index (χ0n) is 33.4. The van der Waals surface area contributed by atoms with Crippen molar-refractivity contribution in [2.75, 3.05) is 0 Å². The number of carbonyl (C=O) groups is 2. The van der Waals surface area contributed by atoms with Crippen LogP contribution < -0.4 is 0 Å². The van der Waals surface area contributed by atoms with E-state index in [1.54, 1.807) is 0 Å². The molecule has 0 aromatic heterocycles. The summed E-state index contributed by atoms with van der Waals surface area (Å²) in [5, 5.41) is 8.84. The van der Waals surface area contributed by atoms with Gasteiger partial charge in [0.15, 0.2) is 0 Å². The van der Waals surface area contributed by atoms with Gasteiger partial charge in [-0.1, -0.05) is 189 Å². The molecule has 0 fully saturated rings. The highest BCUT2D eigenvalue weighted by atomic mass is 16.5. The molecule has 0 heterocycles. The molecule has 0 bridgehead atoms. The smallest absolute Gasteiger partial charge is 0.306 e. The number of unbranched alkanes of at least 4 members (excludes halogenated alkanes) is 17. The van der Waals surface area contributed by atoms with Gasteiger partial charge in [-0.25, -0.2) is 0 Å². The minimum Gasteiger partial charge on any atom is -0.481 e. The minimum absolute atomic E-state index is 0.0131. The molecule has 0 spiro atoms. The van der Waals surface area contributed by atoms with E-state index < -0.39 is 5.97 Å². The van der Waals surface area contributed by atoms with Crippen LogP contribution in [0.2, 0.25) is 0 Å². The molecular formula is C47H80O4. The molecule has 1 unspecified atom stereocenters. The van der Waals surface area contributed by atoms with Crippen LogP contribution in [0.3, 0.4) is 0 Å². The summed E-state index contributed by atoms with van der Waals surface area (Å²) in [5.41, 5.74) is 0. The van der Waals surface area contributed by atoms with Gasteiger partial charge in [-0.05, 0) is 77.0 Å². The Kier molecular flexibility index (Phi) is 39.7. The highest BCUT2D eigenvalue weighted by Crippen LogP contribution is 2.19. The monoisotopic (exact) mass is 709 g/mol. The maximum Gasteiger partial charge on any atom is 0.306 e. The first-order valence-electron chi connectivity index (χ1n) is 21.4. The van der Waals surface area contributed by atoms with Crippen LogP contribution in [0.25, 0.3) is 0 Å². The van der Waals surface area contributed by atoms with E-state index in [9.17, 15) is 9.59 Å². The number of allylic oxidation sites excluding steroid dienone is 12. The molecule has 292 valence electrons. The normalized spacial score (nSPS) is 13.0. The molecule has 4 heteroatoms. The van der Waals surface area contributed by atoms with Crippen molar-refractivity contribution < 1.29 is 19.4 Å². The molecular weight excluding hydrogens is 629 g/mol. The Labute approximate surface area is 316 Å². The van der Waals surface area contributed by atoms with Crippen molar-refractivity contribution in [3.05, 3.63) is 72.9 Å². The van der Waals surface area contributed by atoms with Crippen LogP contribution in [0.1, 0.15) is 206 Å². The van der Waals surface area contributed by atoms with Crippen molar-refractivity contribution >= 4 is 11.9 Å². The van der Waals surface area contributed by atoms with Crippen molar-refractivity contribution in [3.63, 3.8) is 0 Å². The second-order valence-electron chi connectivity index (χ2n) is 14.2. The summed E-state index contributed by atoms with van der Waals surface area (Å²) in [6.07, 6.45) is 59.3.